The molecule has 0 spiro atoms. The zero-order valence-electron chi connectivity index (χ0n) is 49.3. The number of aromatic hydroxyl groups is 2. The number of aromatic nitrogens is 2. The van der Waals surface area contributed by atoms with Crippen LogP contribution in [0.2, 0.25) is 0 Å². The number of azo groups is 2. The quantitative estimate of drug-likeness (QED) is 0.0146. The summed E-state index contributed by atoms with van der Waals surface area (Å²) < 4.78 is 13.8. The Kier molecular flexibility index (Phi) is 28.0. The number of hydrogen-bond acceptors (Lipinski definition) is 15. The molecule has 4 atom stereocenters. The first-order chi connectivity index (χ1) is 38.4. The number of nitrogens with zero attached hydrogens (tertiary/aromatic N) is 8. The summed E-state index contributed by atoms with van der Waals surface area (Å²) in [6.07, 6.45) is 12.9. The summed E-state index contributed by atoms with van der Waals surface area (Å²) in [6.45, 7) is 29.5. The predicted molar refractivity (Wildman–Crippen MR) is 314 cm³/mol. The van der Waals surface area contributed by atoms with Gasteiger partial charge in [0.15, 0.2) is 11.6 Å². The lowest BCUT2D eigenvalue weighted by Gasteiger charge is -2.19. The Morgan fingerprint density at radius 2 is 1.07 bits per heavy atom. The van der Waals surface area contributed by atoms with Crippen LogP contribution in [0.1, 0.15) is 183 Å². The summed E-state index contributed by atoms with van der Waals surface area (Å²) in [7, 11) is 0. The zero-order valence-corrected chi connectivity index (χ0v) is 49.3. The van der Waals surface area contributed by atoms with Crippen molar-refractivity contribution in [2.75, 3.05) is 13.1 Å². The highest BCUT2D eigenvalue weighted by molar-refractivity contribution is 5.70. The predicted octanol–water partition coefficient (Wildman–Crippen LogP) is 14.2. The lowest BCUT2D eigenvalue weighted by Crippen LogP contribution is -2.28. The molecular weight excluding hydrogens is 1010 g/mol. The highest BCUT2D eigenvalue weighted by Gasteiger charge is 2.23. The molecule has 0 aliphatic heterocycles. The van der Waals surface area contributed by atoms with Crippen molar-refractivity contribution in [1.82, 2.24) is 19.8 Å². The van der Waals surface area contributed by atoms with E-state index >= 15 is 0 Å². The van der Waals surface area contributed by atoms with Crippen molar-refractivity contribution in [3.63, 3.8) is 0 Å². The van der Waals surface area contributed by atoms with Gasteiger partial charge in [-0.25, -0.2) is 4.85 Å². The third kappa shape index (κ3) is 20.0. The summed E-state index contributed by atoms with van der Waals surface area (Å²) in [5, 5.41) is 55.6. The molecule has 2 aromatic carbocycles. The highest BCUT2D eigenvalue weighted by Crippen LogP contribution is 2.36. The van der Waals surface area contributed by atoms with Crippen LogP contribution >= 0.6 is 0 Å². The number of nitrogens with one attached hydrogen (secondary N) is 2. The molecule has 0 aliphatic carbocycles. The lowest BCUT2D eigenvalue weighted by atomic mass is 9.99. The van der Waals surface area contributed by atoms with Crippen LogP contribution in [0, 0.1) is 57.4 Å². The molecular formula is C62H88N10O8. The Morgan fingerprint density at radius 3 is 1.48 bits per heavy atom. The first-order valence-corrected chi connectivity index (χ1v) is 28.9. The maximum absolute atomic E-state index is 13.5. The molecule has 0 saturated carbocycles. The number of ether oxygens (including phenoxy) is 2. The van der Waals surface area contributed by atoms with Gasteiger partial charge in [-0.05, 0) is 131 Å². The maximum Gasteiger partial charge on any atom is 0.306 e. The fourth-order valence-corrected chi connectivity index (χ4v) is 9.60. The summed E-state index contributed by atoms with van der Waals surface area (Å²) in [5.74, 6) is -0.744. The van der Waals surface area contributed by atoms with Gasteiger partial charge in [0.25, 0.3) is 11.1 Å². The van der Waals surface area contributed by atoms with E-state index in [1.54, 1.807) is 13.8 Å². The average molecular weight is 1100 g/mol. The van der Waals surface area contributed by atoms with E-state index in [9.17, 15) is 34.7 Å². The lowest BCUT2D eigenvalue weighted by molar-refractivity contribution is -0.149. The van der Waals surface area contributed by atoms with E-state index in [4.69, 9.17) is 16.0 Å². The molecule has 0 saturated heterocycles. The van der Waals surface area contributed by atoms with Crippen molar-refractivity contribution in [3.05, 3.63) is 107 Å². The zero-order chi connectivity index (χ0) is 58.7. The van der Waals surface area contributed by atoms with Gasteiger partial charge in [0.1, 0.15) is 29.5 Å². The number of hydrogen-bond donors (Lipinski definition) is 4. The van der Waals surface area contributed by atoms with E-state index in [1.807, 2.05) is 70.2 Å². The van der Waals surface area contributed by atoms with Crippen molar-refractivity contribution in [2.45, 2.75) is 210 Å². The highest BCUT2D eigenvalue weighted by atomic mass is 16.5. The van der Waals surface area contributed by atoms with Gasteiger partial charge in [-0.2, -0.15) is 15.5 Å². The normalized spacial score (nSPS) is 13.1. The van der Waals surface area contributed by atoms with E-state index in [2.05, 4.69) is 63.6 Å². The Hall–Kier alpha value is -7.02. The van der Waals surface area contributed by atoms with Crippen molar-refractivity contribution in [1.29, 1.82) is 5.26 Å². The largest absolute Gasteiger partial charge is 0.503 e. The monoisotopic (exact) mass is 1100 g/mol. The summed E-state index contributed by atoms with van der Waals surface area (Å²) in [5.41, 5.74) is 4.83. The van der Waals surface area contributed by atoms with E-state index in [0.717, 1.165) is 112 Å². The number of carbonyl (C=O) groups excluding carboxylic acids is 2. The Bertz CT molecular complexity index is 2750. The SMILES string of the molecule is [C-]#[N+]c1c(C)c(N=Nc2ccc(CNCC(C)OC(=O)CCCCCCCCC(=O)OC(C)CNCc3ccc(N=Nc4c(C)c(C#N)c(O)n(CC(CC)CCCC)c4=O)cc3C)c(C)c2)c(=O)n(CC(CC)CCCC)c1O. The number of esters is 2. The van der Waals surface area contributed by atoms with Crippen LogP contribution in [-0.4, -0.2) is 56.6 Å². The van der Waals surface area contributed by atoms with E-state index < -0.39 is 11.1 Å². The van der Waals surface area contributed by atoms with E-state index in [-0.39, 0.29) is 75.9 Å². The Balaban J connectivity index is 1.09. The fraction of sp³-hybridized carbons (Fsp3) is 0.581. The number of aryl methyl sites for hydroxylation is 2. The van der Waals surface area contributed by atoms with Gasteiger partial charge in [0.05, 0.1) is 17.9 Å². The number of unbranched alkanes of at least 4 members (excludes halogenated alkanes) is 7. The first kappa shape index (κ1) is 65.5. The van der Waals surface area contributed by atoms with Crippen LogP contribution in [0.4, 0.5) is 28.4 Å². The van der Waals surface area contributed by atoms with Gasteiger partial charge in [-0.1, -0.05) is 104 Å². The van der Waals surface area contributed by atoms with Crippen molar-refractivity contribution in [3.8, 4) is 17.8 Å². The second kappa shape index (κ2) is 34.2. The van der Waals surface area contributed by atoms with Crippen molar-refractivity contribution in [2.24, 2.45) is 32.3 Å². The van der Waals surface area contributed by atoms with Crippen LogP contribution in [0.15, 0.2) is 66.4 Å². The second-order valence-corrected chi connectivity index (χ2v) is 21.3. The molecule has 4 N–H and O–H groups in total. The van der Waals surface area contributed by atoms with Gasteiger partial charge in [0.2, 0.25) is 11.6 Å². The number of carbonyl (C=O) groups is 2. The van der Waals surface area contributed by atoms with Crippen molar-refractivity contribution < 1.29 is 29.3 Å². The number of benzene rings is 2. The van der Waals surface area contributed by atoms with Gasteiger partial charge in [-0.3, -0.25) is 28.3 Å². The molecule has 4 unspecified atom stereocenters. The van der Waals surface area contributed by atoms with Gasteiger partial charge in [-0.15, -0.1) is 10.2 Å². The molecule has 0 aliphatic rings. The molecule has 434 valence electrons. The molecule has 4 aromatic rings. The minimum absolute atomic E-state index is 0.00684. The van der Waals surface area contributed by atoms with Gasteiger partial charge in [0, 0.05) is 57.7 Å². The van der Waals surface area contributed by atoms with E-state index in [0.29, 0.717) is 69.0 Å². The van der Waals surface area contributed by atoms with Crippen molar-refractivity contribution >= 4 is 40.4 Å². The summed E-state index contributed by atoms with van der Waals surface area (Å²) in [4.78, 5) is 55.7. The van der Waals surface area contributed by atoms with E-state index in [1.165, 1.54) is 9.13 Å². The molecule has 0 radical (unpaired) electrons. The van der Waals surface area contributed by atoms with Gasteiger partial charge < -0.3 is 30.3 Å². The minimum atomic E-state index is -0.473. The number of pyridine rings is 2. The standard InChI is InChI=1S/C62H88N10O8/c1-12-16-24-47(14-3)39-71-59(75)53(34-63)45(9)57(61(71)77)69-67-51-30-28-49(41(5)32-51)37-65-35-43(7)79-54(73)26-22-20-18-19-21-23-27-55(74)80-44(8)36-66-38-50-29-31-52(33-42(50)6)68-70-58-46(10)56(64-11)60(76)72(62(58)78)40-48(15-4)25-17-13-2/h28-33,43-44,47-48,65-66,75-76H,12-27,35-40H2,1-10H3. The van der Waals surface area contributed by atoms with Crippen LogP contribution in [0.5, 0.6) is 11.8 Å². The van der Waals surface area contributed by atoms with Crippen LogP contribution in [0.3, 0.4) is 0 Å². The molecule has 2 heterocycles. The smallest absolute Gasteiger partial charge is 0.306 e. The minimum Gasteiger partial charge on any atom is -0.503 e. The first-order valence-electron chi connectivity index (χ1n) is 28.9. The molecule has 0 amide bonds. The molecule has 80 heavy (non-hydrogen) atoms. The maximum atomic E-state index is 13.5. The third-order valence-electron chi connectivity index (χ3n) is 14.8. The second-order valence-electron chi connectivity index (χ2n) is 21.3. The Labute approximate surface area is 474 Å². The Morgan fingerprint density at radius 1 is 0.650 bits per heavy atom. The van der Waals surface area contributed by atoms with Crippen LogP contribution in [-0.2, 0) is 45.2 Å². The summed E-state index contributed by atoms with van der Waals surface area (Å²) in [6, 6.07) is 13.3. The summed E-state index contributed by atoms with van der Waals surface area (Å²) >= 11 is 0. The van der Waals surface area contributed by atoms with Crippen LogP contribution in [0.25, 0.3) is 4.85 Å². The molecule has 0 bridgehead atoms. The molecule has 18 heteroatoms. The molecule has 18 nitrogen and oxygen atoms in total. The number of nitriles is 1. The third-order valence-corrected chi connectivity index (χ3v) is 14.8. The topological polar surface area (TPSA) is 239 Å². The average Bonchev–Trinajstić information content (AvgIpc) is 3.46. The molecule has 4 rings (SSSR count). The van der Waals surface area contributed by atoms with Gasteiger partial charge >= 0.3 is 11.9 Å². The fourth-order valence-electron chi connectivity index (χ4n) is 9.60. The van der Waals surface area contributed by atoms with Crippen LogP contribution < -0.4 is 21.8 Å². The number of rotatable bonds is 35. The molecule has 0 fully saturated rings. The molecule has 2 aromatic heterocycles.